The molecule has 0 spiro atoms. The number of nitrogens with one attached hydrogen (secondary N) is 1. The zero-order valence-corrected chi connectivity index (χ0v) is 15.1. The SMILES string of the molecule is Cc1cc(-c2ccc(=O)[nH]c2)nc2ccc(CS(C)(=O)=O)cc12.O=CO. The lowest BCUT2D eigenvalue weighted by Crippen LogP contribution is -2.02. The molecule has 3 rings (SSSR count). The van der Waals surface area contributed by atoms with Crippen LogP contribution in [0.15, 0.2) is 47.4 Å². The Balaban J connectivity index is 0.000000758. The predicted octanol–water partition coefficient (Wildman–Crippen LogP) is 2.14. The molecule has 136 valence electrons. The molecule has 0 saturated heterocycles. The van der Waals surface area contributed by atoms with Gasteiger partial charge in [-0.05, 0) is 42.3 Å². The third-order valence-electron chi connectivity index (χ3n) is 3.59. The van der Waals surface area contributed by atoms with Crippen molar-refractivity contribution in [3.8, 4) is 11.3 Å². The predicted molar refractivity (Wildman–Crippen MR) is 99.8 cm³/mol. The number of nitrogens with zero attached hydrogens (tertiary/aromatic N) is 1. The van der Waals surface area contributed by atoms with Gasteiger partial charge in [-0.2, -0.15) is 0 Å². The van der Waals surface area contributed by atoms with E-state index in [1.165, 1.54) is 12.3 Å². The third-order valence-corrected chi connectivity index (χ3v) is 4.45. The third kappa shape index (κ3) is 5.00. The summed E-state index contributed by atoms with van der Waals surface area (Å²) in [6.45, 7) is 1.71. The Hall–Kier alpha value is -3.00. The molecule has 0 fully saturated rings. The lowest BCUT2D eigenvalue weighted by atomic mass is 10.0. The molecular formula is C18H18N2O5S. The molecular weight excluding hydrogens is 356 g/mol. The molecule has 0 amide bonds. The normalized spacial score (nSPS) is 10.8. The molecule has 2 N–H and O–H groups in total. The molecule has 0 saturated carbocycles. The Labute approximate surface area is 150 Å². The average molecular weight is 374 g/mol. The quantitative estimate of drug-likeness (QED) is 0.678. The summed E-state index contributed by atoms with van der Waals surface area (Å²) in [6, 6.07) is 10.6. The maximum Gasteiger partial charge on any atom is 0.290 e. The molecule has 26 heavy (non-hydrogen) atoms. The number of fused-ring (bicyclic) bond motifs is 1. The number of pyridine rings is 2. The van der Waals surface area contributed by atoms with Crippen LogP contribution in [0.1, 0.15) is 11.1 Å². The van der Waals surface area contributed by atoms with Crippen molar-refractivity contribution in [1.82, 2.24) is 9.97 Å². The lowest BCUT2D eigenvalue weighted by Gasteiger charge is -2.08. The van der Waals surface area contributed by atoms with Gasteiger partial charge in [-0.3, -0.25) is 9.59 Å². The zero-order valence-electron chi connectivity index (χ0n) is 14.3. The highest BCUT2D eigenvalue weighted by atomic mass is 32.2. The first-order valence-corrected chi connectivity index (χ1v) is 9.64. The number of hydrogen-bond donors (Lipinski definition) is 2. The van der Waals surface area contributed by atoms with Crippen LogP contribution in [0.3, 0.4) is 0 Å². The largest absolute Gasteiger partial charge is 0.483 e. The summed E-state index contributed by atoms with van der Waals surface area (Å²) in [5.41, 5.74) is 3.99. The second-order valence-corrected chi connectivity index (χ2v) is 7.93. The van der Waals surface area contributed by atoms with E-state index >= 15 is 0 Å². The van der Waals surface area contributed by atoms with E-state index in [0.29, 0.717) is 0 Å². The van der Waals surface area contributed by atoms with Gasteiger partial charge in [-0.25, -0.2) is 13.4 Å². The highest BCUT2D eigenvalue weighted by molar-refractivity contribution is 7.89. The molecule has 2 heterocycles. The molecule has 0 radical (unpaired) electrons. The van der Waals surface area contributed by atoms with Crippen molar-refractivity contribution in [2.45, 2.75) is 12.7 Å². The Morgan fingerprint density at radius 1 is 1.19 bits per heavy atom. The molecule has 0 atom stereocenters. The van der Waals surface area contributed by atoms with Gasteiger partial charge in [0.05, 0.1) is 17.0 Å². The first-order chi connectivity index (χ1) is 12.2. The summed E-state index contributed by atoms with van der Waals surface area (Å²) in [6.07, 6.45) is 2.86. The van der Waals surface area contributed by atoms with E-state index in [1.54, 1.807) is 18.3 Å². The molecule has 0 aliphatic carbocycles. The van der Waals surface area contributed by atoms with Gasteiger partial charge in [-0.15, -0.1) is 0 Å². The van der Waals surface area contributed by atoms with E-state index in [9.17, 15) is 13.2 Å². The van der Waals surface area contributed by atoms with Crippen LogP contribution < -0.4 is 5.56 Å². The summed E-state index contributed by atoms with van der Waals surface area (Å²) < 4.78 is 22.9. The number of carbonyl (C=O) groups is 1. The van der Waals surface area contributed by atoms with Gasteiger partial charge < -0.3 is 10.1 Å². The lowest BCUT2D eigenvalue weighted by molar-refractivity contribution is -0.122. The summed E-state index contributed by atoms with van der Waals surface area (Å²) in [4.78, 5) is 26.8. The number of hydrogen-bond acceptors (Lipinski definition) is 5. The van der Waals surface area contributed by atoms with Gasteiger partial charge in [0.1, 0.15) is 0 Å². The molecule has 2 aromatic heterocycles. The number of aryl methyl sites for hydroxylation is 1. The molecule has 0 aliphatic rings. The fraction of sp³-hybridized carbons (Fsp3) is 0.167. The topological polar surface area (TPSA) is 117 Å². The summed E-state index contributed by atoms with van der Waals surface area (Å²) in [7, 11) is -3.07. The first kappa shape index (κ1) is 19.3. The maximum absolute atomic E-state index is 11.4. The zero-order chi connectivity index (χ0) is 19.3. The first-order valence-electron chi connectivity index (χ1n) is 7.58. The molecule has 0 unspecified atom stereocenters. The highest BCUT2D eigenvalue weighted by Crippen LogP contribution is 2.25. The maximum atomic E-state index is 11.4. The molecule has 0 bridgehead atoms. The van der Waals surface area contributed by atoms with Crippen molar-refractivity contribution in [1.29, 1.82) is 0 Å². The Kier molecular flexibility index (Phi) is 5.89. The van der Waals surface area contributed by atoms with E-state index in [2.05, 4.69) is 9.97 Å². The van der Waals surface area contributed by atoms with Gasteiger partial charge in [-0.1, -0.05) is 6.07 Å². The van der Waals surface area contributed by atoms with Gasteiger partial charge in [0.25, 0.3) is 6.47 Å². The van der Waals surface area contributed by atoms with Gasteiger partial charge in [0.15, 0.2) is 9.84 Å². The summed E-state index contributed by atoms with van der Waals surface area (Å²) in [5, 5.41) is 7.82. The van der Waals surface area contributed by atoms with Crippen molar-refractivity contribution in [2.75, 3.05) is 6.26 Å². The number of aromatic nitrogens is 2. The van der Waals surface area contributed by atoms with Crippen LogP contribution in [-0.2, 0) is 20.4 Å². The van der Waals surface area contributed by atoms with Gasteiger partial charge in [0, 0.05) is 29.5 Å². The van der Waals surface area contributed by atoms with E-state index in [0.717, 1.165) is 33.3 Å². The van der Waals surface area contributed by atoms with Crippen LogP contribution in [0.4, 0.5) is 0 Å². The fourth-order valence-corrected chi connectivity index (χ4v) is 3.34. The minimum atomic E-state index is -3.07. The molecule has 1 aromatic carbocycles. The van der Waals surface area contributed by atoms with E-state index in [1.807, 2.05) is 25.1 Å². The van der Waals surface area contributed by atoms with Crippen LogP contribution in [0.5, 0.6) is 0 Å². The Bertz CT molecular complexity index is 1080. The number of benzene rings is 1. The van der Waals surface area contributed by atoms with Crippen LogP contribution >= 0.6 is 0 Å². The second kappa shape index (κ2) is 7.92. The number of sulfone groups is 1. The monoisotopic (exact) mass is 374 g/mol. The van der Waals surface area contributed by atoms with Crippen molar-refractivity contribution in [3.05, 3.63) is 64.1 Å². The molecule has 7 nitrogen and oxygen atoms in total. The Morgan fingerprint density at radius 3 is 2.46 bits per heavy atom. The number of rotatable bonds is 3. The number of carboxylic acid groups (broad SMARTS) is 1. The smallest absolute Gasteiger partial charge is 0.290 e. The van der Waals surface area contributed by atoms with Crippen LogP contribution in [-0.4, -0.2) is 36.2 Å². The van der Waals surface area contributed by atoms with Gasteiger partial charge >= 0.3 is 0 Å². The molecule has 8 heteroatoms. The average Bonchev–Trinajstić information content (AvgIpc) is 2.55. The standard InChI is InChI=1S/C17H16N2O3S.CH2O2/c1-11-7-16(13-4-6-17(20)18-9-13)19-15-5-3-12(8-14(11)15)10-23(2,21)22;2-1-3/h3-9H,10H2,1-2H3,(H,18,20);1H,(H,2,3). The summed E-state index contributed by atoms with van der Waals surface area (Å²) in [5.74, 6) is 0.0179. The minimum absolute atomic E-state index is 0.0179. The number of aromatic amines is 1. The molecule has 3 aromatic rings. The molecule has 0 aliphatic heterocycles. The fourth-order valence-electron chi connectivity index (χ4n) is 2.55. The highest BCUT2D eigenvalue weighted by Gasteiger charge is 2.09. The van der Waals surface area contributed by atoms with Crippen LogP contribution in [0.25, 0.3) is 22.2 Å². The van der Waals surface area contributed by atoms with E-state index in [4.69, 9.17) is 9.90 Å². The van der Waals surface area contributed by atoms with Gasteiger partial charge in [0.2, 0.25) is 5.56 Å². The number of H-pyrrole nitrogens is 1. The van der Waals surface area contributed by atoms with Crippen LogP contribution in [0, 0.1) is 6.92 Å². The minimum Gasteiger partial charge on any atom is -0.483 e. The van der Waals surface area contributed by atoms with Crippen molar-refractivity contribution < 1.29 is 18.3 Å². The van der Waals surface area contributed by atoms with Crippen molar-refractivity contribution in [3.63, 3.8) is 0 Å². The Morgan fingerprint density at radius 2 is 1.88 bits per heavy atom. The van der Waals surface area contributed by atoms with Crippen molar-refractivity contribution in [2.24, 2.45) is 0 Å². The van der Waals surface area contributed by atoms with E-state index < -0.39 is 9.84 Å². The second-order valence-electron chi connectivity index (χ2n) is 5.79. The summed E-state index contributed by atoms with van der Waals surface area (Å²) >= 11 is 0. The van der Waals surface area contributed by atoms with E-state index in [-0.39, 0.29) is 17.8 Å². The van der Waals surface area contributed by atoms with Crippen molar-refractivity contribution >= 4 is 27.2 Å². The van der Waals surface area contributed by atoms with Crippen LogP contribution in [0.2, 0.25) is 0 Å².